The largest absolute Gasteiger partial charge is 0.396 e. The van der Waals surface area contributed by atoms with Gasteiger partial charge in [0.1, 0.15) is 0 Å². The molecule has 0 saturated heterocycles. The summed E-state index contributed by atoms with van der Waals surface area (Å²) in [5, 5.41) is 8.45. The fraction of sp³-hybridized carbons (Fsp3) is 0.571. The van der Waals surface area contributed by atoms with Crippen LogP contribution in [0.25, 0.3) is 0 Å². The van der Waals surface area contributed by atoms with E-state index >= 15 is 0 Å². The average molecular weight is 126 g/mol. The third kappa shape index (κ3) is 1.39. The van der Waals surface area contributed by atoms with Crippen LogP contribution in [0, 0.1) is 0 Å². The summed E-state index contributed by atoms with van der Waals surface area (Å²) in [7, 11) is 0. The van der Waals surface area contributed by atoms with Gasteiger partial charge in [-0.1, -0.05) is 6.08 Å². The van der Waals surface area contributed by atoms with Crippen LogP contribution < -0.4 is 0 Å². The molecule has 0 bridgehead atoms. The molecule has 2 heteroatoms. The third-order valence-electron chi connectivity index (χ3n) is 1.50. The molecule has 0 amide bonds. The maximum atomic E-state index is 10.8. The van der Waals surface area contributed by atoms with Crippen LogP contribution in [0.2, 0.25) is 0 Å². The minimum Gasteiger partial charge on any atom is -0.396 e. The van der Waals surface area contributed by atoms with Gasteiger partial charge in [0.25, 0.3) is 0 Å². The lowest BCUT2D eigenvalue weighted by Gasteiger charge is -1.93. The van der Waals surface area contributed by atoms with Crippen molar-refractivity contribution in [3.05, 3.63) is 11.6 Å². The molecule has 0 fully saturated rings. The van der Waals surface area contributed by atoms with Crippen molar-refractivity contribution in [1.82, 2.24) is 0 Å². The van der Waals surface area contributed by atoms with E-state index in [9.17, 15) is 4.79 Å². The van der Waals surface area contributed by atoms with Gasteiger partial charge in [-0.25, -0.2) is 0 Å². The van der Waals surface area contributed by atoms with Crippen molar-refractivity contribution in [1.29, 1.82) is 0 Å². The summed E-state index contributed by atoms with van der Waals surface area (Å²) in [5.41, 5.74) is 0.817. The number of carbonyl (C=O) groups is 1. The summed E-state index contributed by atoms with van der Waals surface area (Å²) in [6, 6.07) is 0. The number of Topliss-reactive ketones (excluding diaryl/α,β-unsaturated/α-hetero) is 1. The maximum absolute atomic E-state index is 10.8. The van der Waals surface area contributed by atoms with Gasteiger partial charge in [-0.2, -0.15) is 0 Å². The molecule has 0 aromatic carbocycles. The number of ketones is 1. The minimum absolute atomic E-state index is 0.0948. The molecular weight excluding hydrogens is 116 g/mol. The number of aliphatic hydroxyl groups excluding tert-OH is 1. The molecule has 0 aromatic rings. The Morgan fingerprint density at radius 2 is 2.44 bits per heavy atom. The minimum atomic E-state index is 0.0948. The molecule has 0 spiro atoms. The predicted molar refractivity (Wildman–Crippen MR) is 34.0 cm³/mol. The van der Waals surface area contributed by atoms with Gasteiger partial charge in [0.2, 0.25) is 0 Å². The topological polar surface area (TPSA) is 37.3 Å². The number of rotatable bonds is 2. The highest BCUT2D eigenvalue weighted by atomic mass is 16.3. The highest BCUT2D eigenvalue weighted by Crippen LogP contribution is 2.15. The Bertz CT molecular complexity index is 147. The van der Waals surface area contributed by atoms with Gasteiger partial charge in [0.05, 0.1) is 0 Å². The van der Waals surface area contributed by atoms with Gasteiger partial charge in [-0.05, 0) is 18.4 Å². The number of hydrogen-bond acceptors (Lipinski definition) is 2. The van der Waals surface area contributed by atoms with E-state index < -0.39 is 0 Å². The van der Waals surface area contributed by atoms with Crippen LogP contribution in [0.4, 0.5) is 0 Å². The molecule has 0 saturated carbocycles. The highest BCUT2D eigenvalue weighted by Gasteiger charge is 2.12. The summed E-state index contributed by atoms with van der Waals surface area (Å²) in [6.07, 6.45) is 3.97. The molecule has 0 heterocycles. The Balaban J connectivity index is 2.47. The molecule has 1 rings (SSSR count). The molecule has 0 radical (unpaired) electrons. The van der Waals surface area contributed by atoms with E-state index in [0.29, 0.717) is 12.8 Å². The second kappa shape index (κ2) is 2.78. The molecule has 0 unspecified atom stereocenters. The zero-order valence-electron chi connectivity index (χ0n) is 5.26. The van der Waals surface area contributed by atoms with Crippen LogP contribution in [-0.4, -0.2) is 17.5 Å². The Morgan fingerprint density at radius 3 is 2.89 bits per heavy atom. The summed E-state index contributed by atoms with van der Waals surface area (Å²) in [6.45, 7) is 0.0948. The normalized spacial score (nSPS) is 18.3. The van der Waals surface area contributed by atoms with E-state index in [1.165, 1.54) is 0 Å². The molecule has 9 heavy (non-hydrogen) atoms. The molecular formula is C7H10O2. The van der Waals surface area contributed by atoms with Gasteiger partial charge < -0.3 is 5.11 Å². The second-order valence-electron chi connectivity index (χ2n) is 2.16. The second-order valence-corrected chi connectivity index (χ2v) is 2.16. The van der Waals surface area contributed by atoms with Crippen molar-refractivity contribution in [3.63, 3.8) is 0 Å². The van der Waals surface area contributed by atoms with Crippen molar-refractivity contribution in [2.45, 2.75) is 19.3 Å². The van der Waals surface area contributed by atoms with Crippen molar-refractivity contribution in [3.8, 4) is 0 Å². The fourth-order valence-corrected chi connectivity index (χ4v) is 1.01. The van der Waals surface area contributed by atoms with Gasteiger partial charge in [-0.15, -0.1) is 0 Å². The number of aliphatic hydroxyl groups is 1. The van der Waals surface area contributed by atoms with Crippen molar-refractivity contribution in [2.75, 3.05) is 6.61 Å². The van der Waals surface area contributed by atoms with E-state index in [1.54, 1.807) is 0 Å². The molecule has 0 atom stereocenters. The Morgan fingerprint density at radius 1 is 1.67 bits per heavy atom. The van der Waals surface area contributed by atoms with Crippen LogP contribution >= 0.6 is 0 Å². The first-order valence-electron chi connectivity index (χ1n) is 3.17. The lowest BCUT2D eigenvalue weighted by molar-refractivity contribution is -0.115. The van der Waals surface area contributed by atoms with Crippen molar-refractivity contribution >= 4 is 5.78 Å². The Labute approximate surface area is 54.2 Å². The Kier molecular flexibility index (Phi) is 2.01. The van der Waals surface area contributed by atoms with Gasteiger partial charge >= 0.3 is 0 Å². The van der Waals surface area contributed by atoms with Crippen LogP contribution in [0.3, 0.4) is 0 Å². The molecule has 1 aliphatic rings. The fourth-order valence-electron chi connectivity index (χ4n) is 1.01. The highest BCUT2D eigenvalue weighted by molar-refractivity contribution is 5.97. The molecule has 1 N–H and O–H groups in total. The van der Waals surface area contributed by atoms with E-state index in [4.69, 9.17) is 5.11 Å². The lowest BCUT2D eigenvalue weighted by Crippen LogP contribution is -1.97. The number of allylic oxidation sites excluding steroid dienone is 1. The zero-order valence-corrected chi connectivity index (χ0v) is 5.26. The smallest absolute Gasteiger partial charge is 0.158 e. The van der Waals surface area contributed by atoms with E-state index in [2.05, 4.69) is 0 Å². The van der Waals surface area contributed by atoms with Gasteiger partial charge in [0.15, 0.2) is 5.78 Å². The van der Waals surface area contributed by atoms with Crippen LogP contribution in [-0.2, 0) is 4.79 Å². The Hall–Kier alpha value is -0.630. The van der Waals surface area contributed by atoms with Crippen molar-refractivity contribution in [2.24, 2.45) is 0 Å². The van der Waals surface area contributed by atoms with E-state index in [-0.39, 0.29) is 12.4 Å². The van der Waals surface area contributed by atoms with Gasteiger partial charge in [-0.3, -0.25) is 4.79 Å². The maximum Gasteiger partial charge on any atom is 0.158 e. The lowest BCUT2D eigenvalue weighted by atomic mass is 10.1. The van der Waals surface area contributed by atoms with E-state index in [0.717, 1.165) is 12.0 Å². The van der Waals surface area contributed by atoms with Gasteiger partial charge in [0, 0.05) is 13.0 Å². The summed E-state index contributed by atoms with van der Waals surface area (Å²) >= 11 is 0. The molecule has 0 aliphatic heterocycles. The third-order valence-corrected chi connectivity index (χ3v) is 1.50. The summed E-state index contributed by atoms with van der Waals surface area (Å²) in [5.74, 6) is 0.212. The van der Waals surface area contributed by atoms with Crippen LogP contribution in [0.1, 0.15) is 19.3 Å². The quantitative estimate of drug-likeness (QED) is 0.590. The van der Waals surface area contributed by atoms with Crippen molar-refractivity contribution < 1.29 is 9.90 Å². The number of carbonyl (C=O) groups excluding carboxylic acids is 1. The monoisotopic (exact) mass is 126 g/mol. The number of hydrogen-bond donors (Lipinski definition) is 1. The van der Waals surface area contributed by atoms with Crippen LogP contribution in [0.15, 0.2) is 11.6 Å². The predicted octanol–water partition coefficient (Wildman–Crippen LogP) is 0.658. The standard InChI is InChI=1S/C7H10O2/c8-5-4-6-2-1-3-7(6)9/h2,8H,1,3-5H2. The summed E-state index contributed by atoms with van der Waals surface area (Å²) < 4.78 is 0. The first-order chi connectivity index (χ1) is 4.34. The molecule has 2 nitrogen and oxygen atoms in total. The molecule has 0 aromatic heterocycles. The van der Waals surface area contributed by atoms with Crippen LogP contribution in [0.5, 0.6) is 0 Å². The average Bonchev–Trinajstić information content (AvgIpc) is 2.18. The summed E-state index contributed by atoms with van der Waals surface area (Å²) in [4.78, 5) is 10.8. The zero-order chi connectivity index (χ0) is 6.69. The van der Waals surface area contributed by atoms with E-state index in [1.807, 2.05) is 6.08 Å². The SMILES string of the molecule is O=C1CCC=C1CCO. The first kappa shape index (κ1) is 6.49. The molecule has 50 valence electrons. The molecule has 1 aliphatic carbocycles. The first-order valence-corrected chi connectivity index (χ1v) is 3.17.